The SMILES string of the molecule is CN1CC[C@H](n2cnc3cnc4ccc(I)cc4c32)C1. The number of imidazole rings is 1. The summed E-state index contributed by atoms with van der Waals surface area (Å²) in [6, 6.07) is 6.93. The highest BCUT2D eigenvalue weighted by atomic mass is 127. The Labute approximate surface area is 130 Å². The van der Waals surface area contributed by atoms with Crippen molar-refractivity contribution in [2.75, 3.05) is 20.1 Å². The minimum absolute atomic E-state index is 0.522. The van der Waals surface area contributed by atoms with Gasteiger partial charge in [0.2, 0.25) is 0 Å². The molecule has 1 fully saturated rings. The molecule has 0 bridgehead atoms. The van der Waals surface area contributed by atoms with Crippen LogP contribution >= 0.6 is 22.6 Å². The van der Waals surface area contributed by atoms with Crippen LogP contribution in [0.1, 0.15) is 12.5 Å². The largest absolute Gasteiger partial charge is 0.326 e. The summed E-state index contributed by atoms with van der Waals surface area (Å²) in [6.45, 7) is 2.25. The van der Waals surface area contributed by atoms with Crippen molar-refractivity contribution in [3.63, 3.8) is 0 Å². The first kappa shape index (κ1) is 12.5. The summed E-state index contributed by atoms with van der Waals surface area (Å²) in [5.74, 6) is 0. The Balaban J connectivity index is 1.99. The zero-order chi connectivity index (χ0) is 13.7. The Kier molecular flexibility index (Phi) is 2.92. The number of pyridine rings is 1. The number of nitrogens with zero attached hydrogens (tertiary/aromatic N) is 4. The van der Waals surface area contributed by atoms with Crippen molar-refractivity contribution < 1.29 is 0 Å². The van der Waals surface area contributed by atoms with Gasteiger partial charge in [0, 0.05) is 21.5 Å². The topological polar surface area (TPSA) is 34.0 Å². The van der Waals surface area contributed by atoms with Crippen molar-refractivity contribution in [2.45, 2.75) is 12.5 Å². The lowest BCUT2D eigenvalue weighted by Crippen LogP contribution is -2.16. The molecule has 0 unspecified atom stereocenters. The van der Waals surface area contributed by atoms with Crippen molar-refractivity contribution in [1.29, 1.82) is 0 Å². The van der Waals surface area contributed by atoms with Gasteiger partial charge < -0.3 is 9.47 Å². The van der Waals surface area contributed by atoms with E-state index in [4.69, 9.17) is 0 Å². The highest BCUT2D eigenvalue weighted by Crippen LogP contribution is 2.30. The van der Waals surface area contributed by atoms with E-state index in [-0.39, 0.29) is 0 Å². The van der Waals surface area contributed by atoms with Gasteiger partial charge in [-0.15, -0.1) is 0 Å². The normalized spacial score (nSPS) is 20.2. The molecule has 1 aliphatic heterocycles. The lowest BCUT2D eigenvalue weighted by molar-refractivity contribution is 0.395. The molecule has 2 aromatic heterocycles. The third-order valence-corrected chi connectivity index (χ3v) is 4.79. The first-order valence-electron chi connectivity index (χ1n) is 6.82. The van der Waals surface area contributed by atoms with E-state index >= 15 is 0 Å². The maximum absolute atomic E-state index is 4.55. The van der Waals surface area contributed by atoms with Crippen LogP contribution in [0.25, 0.3) is 21.9 Å². The number of likely N-dealkylation sites (N-methyl/N-ethyl adjacent to an activating group) is 1. The number of hydrogen-bond donors (Lipinski definition) is 0. The molecule has 4 nitrogen and oxygen atoms in total. The molecule has 102 valence electrons. The van der Waals surface area contributed by atoms with Gasteiger partial charge in [0.1, 0.15) is 5.52 Å². The molecule has 0 N–H and O–H groups in total. The second kappa shape index (κ2) is 4.66. The van der Waals surface area contributed by atoms with Gasteiger partial charge in [0.15, 0.2) is 0 Å². The second-order valence-electron chi connectivity index (χ2n) is 5.51. The predicted octanol–water partition coefficient (Wildman–Crippen LogP) is 3.07. The average Bonchev–Trinajstić information content (AvgIpc) is 3.04. The molecule has 0 spiro atoms. The van der Waals surface area contributed by atoms with Crippen LogP contribution in [0.5, 0.6) is 0 Å². The number of aromatic nitrogens is 3. The number of benzene rings is 1. The van der Waals surface area contributed by atoms with Crippen molar-refractivity contribution >= 4 is 44.5 Å². The van der Waals surface area contributed by atoms with E-state index in [0.717, 1.165) is 24.1 Å². The predicted molar refractivity (Wildman–Crippen MR) is 88.9 cm³/mol. The molecular weight excluding hydrogens is 363 g/mol. The Bertz CT molecular complexity index is 795. The molecular formula is C15H15IN4. The molecule has 1 atom stereocenters. The van der Waals surface area contributed by atoms with Gasteiger partial charge in [-0.3, -0.25) is 4.98 Å². The minimum atomic E-state index is 0.522. The molecule has 4 rings (SSSR count). The van der Waals surface area contributed by atoms with Gasteiger partial charge in [-0.1, -0.05) is 0 Å². The van der Waals surface area contributed by atoms with Gasteiger partial charge in [-0.25, -0.2) is 4.98 Å². The average molecular weight is 378 g/mol. The summed E-state index contributed by atoms with van der Waals surface area (Å²) in [5.41, 5.74) is 3.27. The van der Waals surface area contributed by atoms with E-state index in [1.54, 1.807) is 0 Å². The molecule has 1 aliphatic rings. The van der Waals surface area contributed by atoms with Gasteiger partial charge in [0.25, 0.3) is 0 Å². The zero-order valence-electron chi connectivity index (χ0n) is 11.3. The number of fused-ring (bicyclic) bond motifs is 3. The molecule has 20 heavy (non-hydrogen) atoms. The first-order valence-corrected chi connectivity index (χ1v) is 7.89. The fourth-order valence-corrected chi connectivity index (χ4v) is 3.60. The number of rotatable bonds is 1. The van der Waals surface area contributed by atoms with E-state index in [1.165, 1.54) is 20.9 Å². The zero-order valence-corrected chi connectivity index (χ0v) is 13.4. The highest BCUT2D eigenvalue weighted by molar-refractivity contribution is 14.1. The van der Waals surface area contributed by atoms with E-state index in [1.807, 2.05) is 12.5 Å². The van der Waals surface area contributed by atoms with Crippen molar-refractivity contribution in [2.24, 2.45) is 0 Å². The van der Waals surface area contributed by atoms with E-state index < -0.39 is 0 Å². The molecule has 1 aromatic carbocycles. The fraction of sp³-hybridized carbons (Fsp3) is 0.333. The van der Waals surface area contributed by atoms with Gasteiger partial charge in [0.05, 0.1) is 23.6 Å². The summed E-state index contributed by atoms with van der Waals surface area (Å²) < 4.78 is 3.58. The molecule has 0 aliphatic carbocycles. The van der Waals surface area contributed by atoms with Crippen LogP contribution in [0.4, 0.5) is 0 Å². The van der Waals surface area contributed by atoms with E-state index in [0.29, 0.717) is 6.04 Å². The van der Waals surface area contributed by atoms with Crippen LogP contribution in [0, 0.1) is 3.57 Å². The Morgan fingerprint density at radius 2 is 2.15 bits per heavy atom. The molecule has 5 heteroatoms. The Morgan fingerprint density at radius 3 is 2.95 bits per heavy atom. The Hall–Kier alpha value is -1.21. The van der Waals surface area contributed by atoms with Crippen LogP contribution in [-0.2, 0) is 0 Å². The Morgan fingerprint density at radius 1 is 1.25 bits per heavy atom. The molecule has 3 heterocycles. The standard InChI is InChI=1S/C15H15IN4/c1-19-5-4-11(8-19)20-9-18-14-7-17-13-3-2-10(16)6-12(13)15(14)20/h2-3,6-7,9,11H,4-5,8H2,1H3/t11-/m0/s1. The van der Waals surface area contributed by atoms with Gasteiger partial charge in [-0.2, -0.15) is 0 Å². The summed E-state index contributed by atoms with van der Waals surface area (Å²) >= 11 is 2.36. The van der Waals surface area contributed by atoms with Crippen LogP contribution in [0.2, 0.25) is 0 Å². The van der Waals surface area contributed by atoms with Crippen LogP contribution in [-0.4, -0.2) is 39.6 Å². The summed E-state index contributed by atoms with van der Waals surface area (Å²) in [4.78, 5) is 11.4. The summed E-state index contributed by atoms with van der Waals surface area (Å²) in [6.07, 6.45) is 5.06. The van der Waals surface area contributed by atoms with Crippen molar-refractivity contribution in [3.8, 4) is 0 Å². The lowest BCUT2D eigenvalue weighted by Gasteiger charge is -2.14. The third kappa shape index (κ3) is 1.91. The van der Waals surface area contributed by atoms with Crippen LogP contribution in [0.3, 0.4) is 0 Å². The minimum Gasteiger partial charge on any atom is -0.326 e. The maximum atomic E-state index is 4.55. The molecule has 1 saturated heterocycles. The summed E-state index contributed by atoms with van der Waals surface area (Å²) in [5, 5.41) is 1.21. The molecule has 0 saturated carbocycles. The quantitative estimate of drug-likeness (QED) is 0.611. The van der Waals surface area contributed by atoms with Crippen LogP contribution < -0.4 is 0 Å². The maximum Gasteiger partial charge on any atom is 0.107 e. The van der Waals surface area contributed by atoms with E-state index in [2.05, 4.69) is 67.3 Å². The van der Waals surface area contributed by atoms with Gasteiger partial charge >= 0.3 is 0 Å². The second-order valence-corrected chi connectivity index (χ2v) is 6.76. The molecule has 0 amide bonds. The van der Waals surface area contributed by atoms with Crippen molar-refractivity contribution in [1.82, 2.24) is 19.4 Å². The molecule has 0 radical (unpaired) electrons. The van der Waals surface area contributed by atoms with Gasteiger partial charge in [-0.05, 0) is 60.8 Å². The molecule has 3 aromatic rings. The number of hydrogen-bond acceptors (Lipinski definition) is 3. The highest BCUT2D eigenvalue weighted by Gasteiger charge is 2.23. The monoisotopic (exact) mass is 378 g/mol. The first-order chi connectivity index (χ1) is 9.72. The number of halogens is 1. The smallest absolute Gasteiger partial charge is 0.107 e. The third-order valence-electron chi connectivity index (χ3n) is 4.12. The van der Waals surface area contributed by atoms with E-state index in [9.17, 15) is 0 Å². The van der Waals surface area contributed by atoms with Crippen LogP contribution in [0.15, 0.2) is 30.7 Å². The summed E-state index contributed by atoms with van der Waals surface area (Å²) in [7, 11) is 2.18. The number of likely N-dealkylation sites (tertiary alicyclic amines) is 1. The fourth-order valence-electron chi connectivity index (χ4n) is 3.10. The lowest BCUT2D eigenvalue weighted by atomic mass is 10.1. The van der Waals surface area contributed by atoms with Crippen molar-refractivity contribution in [3.05, 3.63) is 34.3 Å².